The minimum atomic E-state index is -8.72. The topological polar surface area (TPSA) is 83.1 Å². The number of allylic oxidation sites excluding steroid dienone is 2. The van der Waals surface area contributed by atoms with Gasteiger partial charge in [-0.3, -0.25) is 5.32 Å². The van der Waals surface area contributed by atoms with Gasteiger partial charge in [-0.15, -0.1) is 0 Å². The van der Waals surface area contributed by atoms with E-state index in [9.17, 15) is 84.2 Å². The number of alkyl halides is 17. The number of esters is 1. The van der Waals surface area contributed by atoms with E-state index in [0.29, 0.717) is 17.2 Å². The lowest BCUT2D eigenvalue weighted by Crippen LogP contribution is -2.74. The van der Waals surface area contributed by atoms with E-state index < -0.39 is 134 Å². The molecule has 0 fully saturated rings. The van der Waals surface area contributed by atoms with Gasteiger partial charge in [0.05, 0.1) is 18.9 Å². The maximum absolute atomic E-state index is 15.0. The van der Waals surface area contributed by atoms with Crippen molar-refractivity contribution in [1.82, 2.24) is 0 Å². The molecule has 2 aromatic rings. The fourth-order valence-corrected chi connectivity index (χ4v) is 11.4. The van der Waals surface area contributed by atoms with Crippen molar-refractivity contribution in [3.05, 3.63) is 83.0 Å². The Morgan fingerprint density at radius 2 is 1.17 bits per heavy atom. The van der Waals surface area contributed by atoms with Crippen molar-refractivity contribution in [2.45, 2.75) is 133 Å². The highest BCUT2D eigenvalue weighted by atomic mass is 28.4. The Balaban J connectivity index is 2.37. The van der Waals surface area contributed by atoms with Crippen LogP contribution in [-0.2, 0) is 18.7 Å². The number of hydrogen-bond donors (Lipinski definition) is 1. The van der Waals surface area contributed by atoms with Crippen molar-refractivity contribution in [3.63, 3.8) is 0 Å². The first-order chi connectivity index (χ1) is 31.6. The first kappa shape index (κ1) is 61.4. The Hall–Kier alpha value is -4.69. The molecule has 0 unspecified atom stereocenters. The van der Waals surface area contributed by atoms with Crippen LogP contribution in [0.1, 0.15) is 73.5 Å². The van der Waals surface area contributed by atoms with Crippen LogP contribution in [0.3, 0.4) is 0 Å². The molecule has 2 rings (SSSR count). The second kappa shape index (κ2) is 22.4. The molecule has 70 heavy (non-hydrogen) atoms. The Morgan fingerprint density at radius 3 is 1.64 bits per heavy atom. The highest BCUT2D eigenvalue weighted by Crippen LogP contribution is 2.64. The van der Waals surface area contributed by atoms with E-state index in [4.69, 9.17) is 18.6 Å². The third-order valence-corrected chi connectivity index (χ3v) is 16.8. The fraction of sp³-hybridized carbons (Fsp3) is 0.581. The number of rotatable bonds is 24. The smallest absolute Gasteiger partial charge is 0.460 e. The number of halogens is 19. The van der Waals surface area contributed by atoms with Crippen LogP contribution in [0.25, 0.3) is 0 Å². The molecule has 0 saturated carbocycles. The van der Waals surface area contributed by atoms with Crippen molar-refractivity contribution in [3.8, 4) is 5.75 Å². The van der Waals surface area contributed by atoms with E-state index in [2.05, 4.69) is 5.32 Å². The van der Waals surface area contributed by atoms with Crippen LogP contribution in [0.15, 0.2) is 65.8 Å². The van der Waals surface area contributed by atoms with Gasteiger partial charge in [0.1, 0.15) is 30.1 Å². The average molecular weight is 1060 g/mol. The molecule has 1 N–H and O–H groups in total. The van der Waals surface area contributed by atoms with E-state index in [1.165, 1.54) is 58.0 Å². The molecular weight excluding hydrogens is 1020 g/mol. The lowest BCUT2D eigenvalue weighted by molar-refractivity contribution is -0.461. The number of amides is 1. The van der Waals surface area contributed by atoms with Gasteiger partial charge in [-0.25, -0.2) is 18.4 Å². The van der Waals surface area contributed by atoms with Gasteiger partial charge in [0, 0.05) is 24.5 Å². The Kier molecular flexibility index (Phi) is 19.6. The number of nitrogens with one attached hydrogen (secondary N) is 1. The zero-order valence-corrected chi connectivity index (χ0v) is 39.2. The van der Waals surface area contributed by atoms with E-state index in [-0.39, 0.29) is 17.9 Å². The summed E-state index contributed by atoms with van der Waals surface area (Å²) < 4.78 is 286. The normalized spacial score (nSPS) is 15.3. The van der Waals surface area contributed by atoms with Crippen LogP contribution in [0, 0.1) is 17.6 Å². The predicted molar refractivity (Wildman–Crippen MR) is 216 cm³/mol. The molecule has 27 heteroatoms. The Bertz CT molecular complexity index is 2150. The van der Waals surface area contributed by atoms with Gasteiger partial charge in [-0.1, -0.05) is 58.4 Å². The van der Waals surface area contributed by atoms with Crippen molar-refractivity contribution in [1.29, 1.82) is 0 Å². The molecule has 7 nitrogen and oxygen atoms in total. The van der Waals surface area contributed by atoms with E-state index in [1.807, 2.05) is 0 Å². The van der Waals surface area contributed by atoms with E-state index in [0.717, 1.165) is 12.1 Å². The van der Waals surface area contributed by atoms with Gasteiger partial charge in [-0.05, 0) is 73.3 Å². The molecule has 2 atom stereocenters. The third kappa shape index (κ3) is 12.7. The molecular formula is C43H48F19NO6Si. The van der Waals surface area contributed by atoms with Crippen LogP contribution in [-0.4, -0.2) is 87.8 Å². The number of benzene rings is 2. The Labute approximate surface area is 389 Å². The molecule has 0 saturated heterocycles. The van der Waals surface area contributed by atoms with Crippen LogP contribution < -0.4 is 10.1 Å². The highest BCUT2D eigenvalue weighted by molar-refractivity contribution is 6.76. The van der Waals surface area contributed by atoms with Crippen molar-refractivity contribution < 1.29 is 112 Å². The van der Waals surface area contributed by atoms with Gasteiger partial charge in [0.15, 0.2) is 8.32 Å². The largest absolute Gasteiger partial charge is 0.491 e. The van der Waals surface area contributed by atoms with Gasteiger partial charge >= 0.3 is 59.7 Å². The minimum Gasteiger partial charge on any atom is -0.491 e. The summed E-state index contributed by atoms with van der Waals surface area (Å²) in [6.07, 6.45) is -10.0. The molecule has 1 amide bonds. The van der Waals surface area contributed by atoms with Gasteiger partial charge < -0.3 is 18.6 Å². The van der Waals surface area contributed by atoms with Crippen molar-refractivity contribution in [2.24, 2.45) is 5.92 Å². The summed E-state index contributed by atoms with van der Waals surface area (Å²) in [5.41, 5.74) is -1.00. The maximum Gasteiger partial charge on any atom is 0.460 e. The standard InChI is InChI=1S/C43H48F19NO6Si/c1-9-66-33(64)21-25(6)20-26(7)27(8)34(69-35(65)63-32-15-12-29(44)22-31(32)45)28-10-13-30(14-11-28)67-17-18-68-70(23(2)3,24(4)5)19-16-36(46,47)37(48,49)38(50,51)39(52,53)40(54,55)41(56,57)42(58,59)43(60,61)62/h10-15,20-24,27,34H,9,16-19H2,1-8H3,(H,63,65)/b25-21+,26-20+/t27-,34+/m0/s1. The summed E-state index contributed by atoms with van der Waals surface area (Å²) in [6.45, 7) is 10.7. The van der Waals surface area contributed by atoms with Gasteiger partial charge in [-0.2, -0.15) is 74.6 Å². The molecule has 0 spiro atoms. The predicted octanol–water partition coefficient (Wildman–Crippen LogP) is 14.9. The second-order valence-electron chi connectivity index (χ2n) is 16.6. The third-order valence-electron chi connectivity index (χ3n) is 11.2. The van der Waals surface area contributed by atoms with E-state index >= 15 is 8.78 Å². The van der Waals surface area contributed by atoms with E-state index in [1.54, 1.807) is 33.8 Å². The number of anilines is 1. The monoisotopic (exact) mass is 1060 g/mol. The summed E-state index contributed by atoms with van der Waals surface area (Å²) in [5.74, 6) is -60.3. The number of carbonyl (C=O) groups excluding carboxylic acids is 2. The SMILES string of the molecule is CCOC(=O)/C=C(C)/C=C(\C)[C@H](C)[C@@H](OC(=O)Nc1ccc(F)cc1F)c1ccc(OCCO[Si](CCC(F)(F)C(F)(F)C(F)(F)C(F)(F)C(F)(F)C(F)(F)C(F)(F)C(F)(F)F)(C(C)C)C(C)C)cc1. The first-order valence-electron chi connectivity index (χ1n) is 20.7. The van der Waals surface area contributed by atoms with Crippen molar-refractivity contribution in [2.75, 3.05) is 25.1 Å². The van der Waals surface area contributed by atoms with Gasteiger partial charge in [0.2, 0.25) is 0 Å². The zero-order chi connectivity index (χ0) is 54.4. The molecule has 0 heterocycles. The minimum absolute atomic E-state index is 0.0446. The quantitative estimate of drug-likeness (QED) is 0.0282. The van der Waals surface area contributed by atoms with Crippen LogP contribution in [0.2, 0.25) is 17.1 Å². The van der Waals surface area contributed by atoms with Crippen LogP contribution in [0.4, 0.5) is 93.9 Å². The second-order valence-corrected chi connectivity index (χ2v) is 21.6. The summed E-state index contributed by atoms with van der Waals surface area (Å²) in [4.78, 5) is 25.0. The molecule has 2 aromatic carbocycles. The van der Waals surface area contributed by atoms with Crippen molar-refractivity contribution >= 4 is 26.1 Å². The maximum atomic E-state index is 15.0. The fourth-order valence-electron chi connectivity index (χ4n) is 6.95. The average Bonchev–Trinajstić information content (AvgIpc) is 3.22. The highest BCUT2D eigenvalue weighted by Gasteiger charge is 2.95. The first-order valence-corrected chi connectivity index (χ1v) is 22.9. The lowest BCUT2D eigenvalue weighted by atomic mass is 9.88. The number of hydrogen-bond acceptors (Lipinski definition) is 6. The molecule has 0 aliphatic heterocycles. The molecule has 0 radical (unpaired) electrons. The summed E-state index contributed by atoms with van der Waals surface area (Å²) in [5, 5.41) is 2.16. The number of carbonyl (C=O) groups is 2. The Morgan fingerprint density at radius 1 is 0.671 bits per heavy atom. The molecule has 0 aliphatic carbocycles. The molecule has 0 bridgehead atoms. The molecule has 0 aliphatic rings. The van der Waals surface area contributed by atoms with Crippen LogP contribution >= 0.6 is 0 Å². The lowest BCUT2D eigenvalue weighted by Gasteiger charge is -2.44. The summed E-state index contributed by atoms with van der Waals surface area (Å²) >= 11 is 0. The molecule has 0 aromatic heterocycles. The van der Waals surface area contributed by atoms with Gasteiger partial charge in [0.25, 0.3) is 0 Å². The summed E-state index contributed by atoms with van der Waals surface area (Å²) in [7, 11) is -4.07. The zero-order valence-electron chi connectivity index (χ0n) is 38.2. The van der Waals surface area contributed by atoms with Crippen LogP contribution in [0.5, 0.6) is 5.75 Å². The number of ether oxygens (including phenoxy) is 3. The summed E-state index contributed by atoms with van der Waals surface area (Å²) in [6, 6.07) is 6.42. The molecule has 398 valence electrons.